The van der Waals surface area contributed by atoms with E-state index in [-0.39, 0.29) is 17.6 Å². The lowest BCUT2D eigenvalue weighted by atomic mass is 9.80. The fourth-order valence-corrected chi connectivity index (χ4v) is 2.74. The van der Waals surface area contributed by atoms with E-state index in [1.165, 1.54) is 16.7 Å². The molecule has 0 fully saturated rings. The van der Waals surface area contributed by atoms with Crippen molar-refractivity contribution in [2.45, 2.75) is 60.6 Å². The van der Waals surface area contributed by atoms with Gasteiger partial charge in [0.15, 0.2) is 0 Å². The highest BCUT2D eigenvalue weighted by Crippen LogP contribution is 2.34. The van der Waals surface area contributed by atoms with E-state index < -0.39 is 0 Å². The molecule has 0 saturated carbocycles. The first-order valence-corrected chi connectivity index (χ1v) is 7.74. The molecular weight excluding hydrogens is 246 g/mol. The zero-order valence-electron chi connectivity index (χ0n) is 14.2. The van der Waals surface area contributed by atoms with Crippen molar-refractivity contribution < 1.29 is 4.74 Å². The lowest BCUT2D eigenvalue weighted by molar-refractivity contribution is -0.0364. The monoisotopic (exact) mass is 277 g/mol. The van der Waals surface area contributed by atoms with E-state index in [4.69, 9.17) is 4.74 Å². The number of ether oxygens (including phenoxy) is 1. The Morgan fingerprint density at radius 2 is 1.80 bits per heavy atom. The number of hydrogen-bond donors (Lipinski definition) is 1. The smallest absolute Gasteiger partial charge is 0.0817 e. The lowest BCUT2D eigenvalue weighted by Gasteiger charge is -2.38. The molecule has 0 aromatic heterocycles. The molecule has 0 aliphatic rings. The molecule has 0 radical (unpaired) electrons. The molecule has 0 spiro atoms. The second-order valence-corrected chi connectivity index (χ2v) is 6.57. The van der Waals surface area contributed by atoms with Gasteiger partial charge in [0, 0.05) is 6.61 Å². The van der Waals surface area contributed by atoms with Crippen molar-refractivity contribution in [3.63, 3.8) is 0 Å². The maximum absolute atomic E-state index is 6.11. The Kier molecular flexibility index (Phi) is 6.22. The van der Waals surface area contributed by atoms with Gasteiger partial charge in [0.1, 0.15) is 0 Å². The molecule has 0 aliphatic heterocycles. The Morgan fingerprint density at radius 3 is 2.30 bits per heavy atom. The normalized spacial score (nSPS) is 15.2. The number of likely N-dealkylation sites (N-methyl/N-ethyl adjacent to an activating group) is 1. The minimum Gasteiger partial charge on any atom is -0.376 e. The van der Waals surface area contributed by atoms with E-state index in [9.17, 15) is 0 Å². The molecule has 114 valence electrons. The average molecular weight is 277 g/mol. The van der Waals surface area contributed by atoms with Gasteiger partial charge < -0.3 is 10.1 Å². The summed E-state index contributed by atoms with van der Waals surface area (Å²) in [5.74, 6) is 0. The summed E-state index contributed by atoms with van der Waals surface area (Å²) in [6.45, 7) is 17.1. The molecular formula is C18H31NO. The van der Waals surface area contributed by atoms with Crippen LogP contribution in [0.15, 0.2) is 18.2 Å². The SMILES string of the molecule is CCNC(c1cccc(C)c1C)C(OCC)C(C)(C)C. The van der Waals surface area contributed by atoms with Gasteiger partial charge in [-0.05, 0) is 49.4 Å². The Bertz CT molecular complexity index is 420. The van der Waals surface area contributed by atoms with Crippen LogP contribution in [0.25, 0.3) is 0 Å². The Labute approximate surface area is 124 Å². The highest BCUT2D eigenvalue weighted by molar-refractivity contribution is 5.36. The molecule has 0 bridgehead atoms. The lowest BCUT2D eigenvalue weighted by Crippen LogP contribution is -2.42. The van der Waals surface area contributed by atoms with Crippen LogP contribution in [0.5, 0.6) is 0 Å². The third-order valence-electron chi connectivity index (χ3n) is 3.91. The molecule has 0 amide bonds. The van der Waals surface area contributed by atoms with E-state index >= 15 is 0 Å². The van der Waals surface area contributed by atoms with Crippen LogP contribution >= 0.6 is 0 Å². The largest absolute Gasteiger partial charge is 0.376 e. The fraction of sp³-hybridized carbons (Fsp3) is 0.667. The van der Waals surface area contributed by atoms with Gasteiger partial charge in [-0.15, -0.1) is 0 Å². The standard InChI is InChI=1S/C18H31NO/c1-8-19-16(17(20-9-2)18(5,6)7)15-12-10-11-13(3)14(15)4/h10-12,16-17,19H,8-9H2,1-7H3. The van der Waals surface area contributed by atoms with Gasteiger partial charge in [-0.25, -0.2) is 0 Å². The van der Waals surface area contributed by atoms with Crippen LogP contribution in [0.3, 0.4) is 0 Å². The highest BCUT2D eigenvalue weighted by atomic mass is 16.5. The van der Waals surface area contributed by atoms with Crippen molar-refractivity contribution in [1.82, 2.24) is 5.32 Å². The van der Waals surface area contributed by atoms with E-state index in [0.717, 1.165) is 13.2 Å². The van der Waals surface area contributed by atoms with Gasteiger partial charge in [0.2, 0.25) is 0 Å². The fourth-order valence-electron chi connectivity index (χ4n) is 2.74. The maximum atomic E-state index is 6.11. The number of rotatable bonds is 6. The molecule has 0 heterocycles. The van der Waals surface area contributed by atoms with Crippen molar-refractivity contribution in [2.24, 2.45) is 5.41 Å². The van der Waals surface area contributed by atoms with E-state index in [1.54, 1.807) is 0 Å². The van der Waals surface area contributed by atoms with Gasteiger partial charge in [-0.3, -0.25) is 0 Å². The Hall–Kier alpha value is -0.860. The molecule has 1 rings (SSSR count). The summed E-state index contributed by atoms with van der Waals surface area (Å²) in [5, 5.41) is 3.63. The van der Waals surface area contributed by atoms with E-state index in [2.05, 4.69) is 72.0 Å². The van der Waals surface area contributed by atoms with Crippen LogP contribution < -0.4 is 5.32 Å². The van der Waals surface area contributed by atoms with Crippen molar-refractivity contribution in [3.8, 4) is 0 Å². The second-order valence-electron chi connectivity index (χ2n) is 6.57. The Morgan fingerprint density at radius 1 is 1.15 bits per heavy atom. The first-order valence-electron chi connectivity index (χ1n) is 7.74. The molecule has 1 N–H and O–H groups in total. The second kappa shape index (κ2) is 7.24. The molecule has 2 heteroatoms. The van der Waals surface area contributed by atoms with Crippen molar-refractivity contribution in [1.29, 1.82) is 0 Å². The van der Waals surface area contributed by atoms with E-state index in [1.807, 2.05) is 0 Å². The third-order valence-corrected chi connectivity index (χ3v) is 3.91. The first-order chi connectivity index (χ1) is 9.32. The minimum atomic E-state index is 0.0963. The molecule has 0 saturated heterocycles. The number of nitrogens with one attached hydrogen (secondary N) is 1. The quantitative estimate of drug-likeness (QED) is 0.832. The number of benzene rings is 1. The minimum absolute atomic E-state index is 0.0963. The molecule has 2 nitrogen and oxygen atoms in total. The topological polar surface area (TPSA) is 21.3 Å². The van der Waals surface area contributed by atoms with Crippen LogP contribution in [0.4, 0.5) is 0 Å². The molecule has 2 unspecified atom stereocenters. The Balaban J connectivity index is 3.23. The zero-order chi connectivity index (χ0) is 15.3. The first kappa shape index (κ1) is 17.2. The van der Waals surface area contributed by atoms with Gasteiger partial charge in [-0.1, -0.05) is 45.9 Å². The van der Waals surface area contributed by atoms with Crippen LogP contribution in [0.1, 0.15) is 57.4 Å². The van der Waals surface area contributed by atoms with Crippen molar-refractivity contribution in [3.05, 3.63) is 34.9 Å². The predicted molar refractivity (Wildman–Crippen MR) is 87.2 cm³/mol. The summed E-state index contributed by atoms with van der Waals surface area (Å²) in [4.78, 5) is 0. The summed E-state index contributed by atoms with van der Waals surface area (Å²) in [7, 11) is 0. The van der Waals surface area contributed by atoms with Gasteiger partial charge in [-0.2, -0.15) is 0 Å². The van der Waals surface area contributed by atoms with Gasteiger partial charge in [0.05, 0.1) is 12.1 Å². The van der Waals surface area contributed by atoms with Crippen LogP contribution in [-0.2, 0) is 4.74 Å². The van der Waals surface area contributed by atoms with Gasteiger partial charge in [0.25, 0.3) is 0 Å². The summed E-state index contributed by atoms with van der Waals surface area (Å²) in [5.41, 5.74) is 4.17. The van der Waals surface area contributed by atoms with Crippen molar-refractivity contribution in [2.75, 3.05) is 13.2 Å². The summed E-state index contributed by atoms with van der Waals surface area (Å²) >= 11 is 0. The number of aryl methyl sites for hydroxylation is 1. The van der Waals surface area contributed by atoms with Crippen molar-refractivity contribution >= 4 is 0 Å². The average Bonchev–Trinajstić information content (AvgIpc) is 2.36. The summed E-state index contributed by atoms with van der Waals surface area (Å²) < 4.78 is 6.11. The molecule has 1 aromatic rings. The van der Waals surface area contributed by atoms with Crippen LogP contribution in [0, 0.1) is 19.3 Å². The molecule has 1 aromatic carbocycles. The van der Waals surface area contributed by atoms with Crippen LogP contribution in [-0.4, -0.2) is 19.3 Å². The summed E-state index contributed by atoms with van der Waals surface area (Å²) in [6, 6.07) is 6.79. The zero-order valence-corrected chi connectivity index (χ0v) is 14.2. The predicted octanol–water partition coefficient (Wildman–Crippen LogP) is 4.41. The van der Waals surface area contributed by atoms with Crippen LogP contribution in [0.2, 0.25) is 0 Å². The van der Waals surface area contributed by atoms with Gasteiger partial charge >= 0.3 is 0 Å². The molecule has 0 aliphatic carbocycles. The molecule has 2 atom stereocenters. The summed E-state index contributed by atoms with van der Waals surface area (Å²) in [6.07, 6.45) is 0.160. The number of hydrogen-bond acceptors (Lipinski definition) is 2. The maximum Gasteiger partial charge on any atom is 0.0817 e. The molecule has 20 heavy (non-hydrogen) atoms. The third kappa shape index (κ3) is 4.07. The van der Waals surface area contributed by atoms with E-state index in [0.29, 0.717) is 0 Å². The highest BCUT2D eigenvalue weighted by Gasteiger charge is 2.34.